The fourth-order valence-corrected chi connectivity index (χ4v) is 4.25. The molecule has 1 amide bonds. The van der Waals surface area contributed by atoms with Crippen LogP contribution in [0, 0.1) is 0 Å². The zero-order valence-electron chi connectivity index (χ0n) is 19.0. The Morgan fingerprint density at radius 1 is 1.11 bits per heavy atom. The van der Waals surface area contributed by atoms with E-state index in [1.807, 2.05) is 29.2 Å². The van der Waals surface area contributed by atoms with Gasteiger partial charge in [0, 0.05) is 24.7 Å². The first kappa shape index (κ1) is 24.6. The fraction of sp³-hybridized carbons (Fsp3) is 0.261. The molecule has 0 aliphatic carbocycles. The SMILES string of the molecule is CS(=O)(=O)Nc1ccccc1Nc1nc(Nc2cccc(OCCN3CCCC3=O)c2)ncc1Cl. The summed E-state index contributed by atoms with van der Waals surface area (Å²) in [6, 6.07) is 14.1. The summed E-state index contributed by atoms with van der Waals surface area (Å²) in [5.41, 5.74) is 1.54. The molecule has 4 rings (SSSR count). The van der Waals surface area contributed by atoms with Crippen LogP contribution in [0.3, 0.4) is 0 Å². The Morgan fingerprint density at radius 2 is 1.91 bits per heavy atom. The third kappa shape index (κ3) is 6.96. The number of rotatable bonds is 10. The monoisotopic (exact) mass is 516 g/mol. The Morgan fingerprint density at radius 3 is 2.66 bits per heavy atom. The van der Waals surface area contributed by atoms with Crippen LogP contribution >= 0.6 is 11.6 Å². The normalized spacial score (nSPS) is 13.5. The summed E-state index contributed by atoms with van der Waals surface area (Å²) in [5, 5.41) is 6.43. The highest BCUT2D eigenvalue weighted by Crippen LogP contribution is 2.30. The van der Waals surface area contributed by atoms with E-state index in [1.165, 1.54) is 6.20 Å². The molecule has 3 aromatic rings. The summed E-state index contributed by atoms with van der Waals surface area (Å²) in [6.45, 7) is 1.74. The quantitative estimate of drug-likeness (QED) is 0.369. The van der Waals surface area contributed by atoms with Crippen molar-refractivity contribution in [1.29, 1.82) is 0 Å². The summed E-state index contributed by atoms with van der Waals surface area (Å²) in [4.78, 5) is 22.2. The first-order valence-corrected chi connectivity index (χ1v) is 13.2. The van der Waals surface area contributed by atoms with E-state index in [9.17, 15) is 13.2 Å². The molecule has 0 atom stereocenters. The van der Waals surface area contributed by atoms with Crippen LogP contribution in [-0.4, -0.2) is 55.1 Å². The molecular weight excluding hydrogens is 492 g/mol. The Labute approximate surface area is 208 Å². The number of halogens is 1. The fourth-order valence-electron chi connectivity index (χ4n) is 3.53. The minimum atomic E-state index is -3.47. The van der Waals surface area contributed by atoms with Crippen molar-refractivity contribution in [2.45, 2.75) is 12.8 Å². The van der Waals surface area contributed by atoms with Gasteiger partial charge in [-0.3, -0.25) is 9.52 Å². The number of carbonyl (C=O) groups excluding carboxylic acids is 1. The van der Waals surface area contributed by atoms with E-state index >= 15 is 0 Å². The van der Waals surface area contributed by atoms with Crippen LogP contribution in [0.25, 0.3) is 0 Å². The molecule has 1 fully saturated rings. The van der Waals surface area contributed by atoms with Gasteiger partial charge in [-0.15, -0.1) is 0 Å². The van der Waals surface area contributed by atoms with E-state index in [1.54, 1.807) is 24.3 Å². The van der Waals surface area contributed by atoms with E-state index in [2.05, 4.69) is 25.3 Å². The molecule has 35 heavy (non-hydrogen) atoms. The summed E-state index contributed by atoms with van der Waals surface area (Å²) < 4.78 is 31.6. The lowest BCUT2D eigenvalue weighted by atomic mass is 10.2. The summed E-state index contributed by atoms with van der Waals surface area (Å²) in [6.07, 6.45) is 4.03. The average molecular weight is 517 g/mol. The van der Waals surface area contributed by atoms with Crippen LogP contribution < -0.4 is 20.1 Å². The molecule has 0 saturated carbocycles. The second-order valence-electron chi connectivity index (χ2n) is 7.92. The maximum Gasteiger partial charge on any atom is 0.229 e. The van der Waals surface area contributed by atoms with Crippen molar-refractivity contribution in [1.82, 2.24) is 14.9 Å². The molecule has 184 valence electrons. The summed E-state index contributed by atoms with van der Waals surface area (Å²) in [7, 11) is -3.47. The third-order valence-corrected chi connectivity index (χ3v) is 5.98. The highest BCUT2D eigenvalue weighted by molar-refractivity contribution is 7.92. The largest absolute Gasteiger partial charge is 0.492 e. The summed E-state index contributed by atoms with van der Waals surface area (Å²) >= 11 is 6.28. The molecule has 0 bridgehead atoms. The van der Waals surface area contributed by atoms with Gasteiger partial charge in [-0.1, -0.05) is 29.8 Å². The first-order valence-electron chi connectivity index (χ1n) is 10.9. The zero-order valence-corrected chi connectivity index (χ0v) is 20.6. The topological polar surface area (TPSA) is 126 Å². The average Bonchev–Trinajstić information content (AvgIpc) is 3.21. The van der Waals surface area contributed by atoms with Crippen LogP contribution in [0.4, 0.5) is 28.8 Å². The van der Waals surface area contributed by atoms with Gasteiger partial charge in [-0.25, -0.2) is 13.4 Å². The highest BCUT2D eigenvalue weighted by Gasteiger charge is 2.19. The Hall–Kier alpha value is -3.57. The lowest BCUT2D eigenvalue weighted by molar-refractivity contribution is -0.128. The number of sulfonamides is 1. The van der Waals surface area contributed by atoms with Crippen LogP contribution in [-0.2, 0) is 14.8 Å². The van der Waals surface area contributed by atoms with E-state index in [-0.39, 0.29) is 16.9 Å². The van der Waals surface area contributed by atoms with Crippen molar-refractivity contribution >= 4 is 56.4 Å². The number of benzene rings is 2. The lowest BCUT2D eigenvalue weighted by Crippen LogP contribution is -2.29. The Kier molecular flexibility index (Phi) is 7.57. The molecule has 2 aromatic carbocycles. The number of likely N-dealkylation sites (tertiary alicyclic amines) is 1. The minimum Gasteiger partial charge on any atom is -0.492 e. The number of nitrogens with zero attached hydrogens (tertiary/aromatic N) is 3. The first-order chi connectivity index (χ1) is 16.8. The van der Waals surface area contributed by atoms with E-state index in [4.69, 9.17) is 16.3 Å². The molecule has 3 N–H and O–H groups in total. The molecule has 1 aliphatic rings. The maximum absolute atomic E-state index is 11.7. The van der Waals surface area contributed by atoms with Gasteiger partial charge < -0.3 is 20.3 Å². The van der Waals surface area contributed by atoms with Crippen LogP contribution in [0.15, 0.2) is 54.7 Å². The van der Waals surface area contributed by atoms with Crippen molar-refractivity contribution in [2.75, 3.05) is 41.3 Å². The molecule has 1 aromatic heterocycles. The number of amides is 1. The van der Waals surface area contributed by atoms with Gasteiger partial charge >= 0.3 is 0 Å². The van der Waals surface area contributed by atoms with E-state index < -0.39 is 10.0 Å². The number of nitrogens with one attached hydrogen (secondary N) is 3. The molecule has 1 saturated heterocycles. The molecule has 10 nitrogen and oxygen atoms in total. The number of carbonyl (C=O) groups is 1. The highest BCUT2D eigenvalue weighted by atomic mass is 35.5. The van der Waals surface area contributed by atoms with Gasteiger partial charge in [0.25, 0.3) is 0 Å². The van der Waals surface area contributed by atoms with E-state index in [0.717, 1.165) is 19.2 Å². The molecule has 0 spiro atoms. The van der Waals surface area contributed by atoms with Crippen molar-refractivity contribution in [3.8, 4) is 5.75 Å². The van der Waals surface area contributed by atoms with Crippen molar-refractivity contribution in [3.63, 3.8) is 0 Å². The number of hydrogen-bond acceptors (Lipinski definition) is 8. The van der Waals surface area contributed by atoms with Gasteiger partial charge in [0.2, 0.25) is 21.9 Å². The predicted molar refractivity (Wildman–Crippen MR) is 136 cm³/mol. The zero-order chi connectivity index (χ0) is 24.8. The number of aromatic nitrogens is 2. The van der Waals surface area contributed by atoms with Crippen LogP contribution in [0.2, 0.25) is 5.02 Å². The van der Waals surface area contributed by atoms with E-state index in [0.29, 0.717) is 48.2 Å². The molecular formula is C23H25ClN6O4S. The number of hydrogen-bond donors (Lipinski definition) is 3. The number of ether oxygens (including phenoxy) is 1. The van der Waals surface area contributed by atoms with Crippen molar-refractivity contribution in [2.24, 2.45) is 0 Å². The minimum absolute atomic E-state index is 0.169. The Balaban J connectivity index is 1.43. The van der Waals surface area contributed by atoms with Gasteiger partial charge in [-0.05, 0) is 30.7 Å². The standard InChI is InChI=1S/C23H25ClN6O4S/c1-35(32,33)29-20-9-3-2-8-19(20)27-22-18(24)15-25-23(28-22)26-16-6-4-7-17(14-16)34-13-12-30-11-5-10-21(30)31/h2-4,6-9,14-15,29H,5,10-13H2,1H3,(H2,25,26,27,28). The molecule has 2 heterocycles. The lowest BCUT2D eigenvalue weighted by Gasteiger charge is -2.16. The molecule has 0 radical (unpaired) electrons. The Bertz CT molecular complexity index is 1320. The van der Waals surface area contributed by atoms with Gasteiger partial charge in [0.1, 0.15) is 17.4 Å². The van der Waals surface area contributed by atoms with Crippen LogP contribution in [0.5, 0.6) is 5.75 Å². The molecule has 1 aliphatic heterocycles. The second-order valence-corrected chi connectivity index (χ2v) is 10.1. The predicted octanol–water partition coefficient (Wildman–Crippen LogP) is 3.99. The van der Waals surface area contributed by atoms with Gasteiger partial charge in [0.05, 0.1) is 30.4 Å². The second kappa shape index (κ2) is 10.8. The third-order valence-electron chi connectivity index (χ3n) is 5.11. The van der Waals surface area contributed by atoms with Crippen molar-refractivity contribution in [3.05, 3.63) is 59.8 Å². The van der Waals surface area contributed by atoms with Gasteiger partial charge in [-0.2, -0.15) is 4.98 Å². The number of para-hydroxylation sites is 2. The van der Waals surface area contributed by atoms with Gasteiger partial charge in [0.15, 0.2) is 5.82 Å². The number of anilines is 5. The molecule has 12 heteroatoms. The maximum atomic E-state index is 11.7. The molecule has 0 unspecified atom stereocenters. The van der Waals surface area contributed by atoms with Crippen LogP contribution in [0.1, 0.15) is 12.8 Å². The summed E-state index contributed by atoms with van der Waals surface area (Å²) in [5.74, 6) is 1.40. The van der Waals surface area contributed by atoms with Crippen molar-refractivity contribution < 1.29 is 17.9 Å². The smallest absolute Gasteiger partial charge is 0.229 e.